The molecule has 0 aliphatic carbocycles. The van der Waals surface area contributed by atoms with Crippen molar-refractivity contribution in [3.05, 3.63) is 69.8 Å². The van der Waals surface area contributed by atoms with Crippen LogP contribution in [-0.2, 0) is 0 Å². The van der Waals surface area contributed by atoms with E-state index in [0.29, 0.717) is 11.3 Å². The summed E-state index contributed by atoms with van der Waals surface area (Å²) in [5.74, 6) is -0.238. The number of carbonyl (C=O) groups excluding carboxylic acids is 1. The maximum absolute atomic E-state index is 12.3. The highest BCUT2D eigenvalue weighted by Gasteiger charge is 2.27. The van der Waals surface area contributed by atoms with E-state index < -0.39 is 0 Å². The first-order chi connectivity index (χ1) is 9.75. The molecular formula is C16H9NO2S. The lowest BCUT2D eigenvalue weighted by Crippen LogP contribution is -2.23. The highest BCUT2D eigenvalue weighted by atomic mass is 32.1. The molecule has 0 bridgehead atoms. The Morgan fingerprint density at radius 1 is 0.900 bits per heavy atom. The Morgan fingerprint density at radius 2 is 1.70 bits per heavy atom. The van der Waals surface area contributed by atoms with Crippen LogP contribution in [0.1, 0.15) is 10.4 Å². The van der Waals surface area contributed by atoms with Crippen molar-refractivity contribution in [1.82, 2.24) is 4.57 Å². The number of carbonyl (C=O) groups is 1. The predicted molar refractivity (Wildman–Crippen MR) is 79.2 cm³/mol. The quantitative estimate of drug-likeness (QED) is 0.536. The van der Waals surface area contributed by atoms with Crippen molar-refractivity contribution in [2.24, 2.45) is 0 Å². The Kier molecular flexibility index (Phi) is 2.28. The summed E-state index contributed by atoms with van der Waals surface area (Å²) in [6, 6.07) is 14.7. The van der Waals surface area contributed by atoms with Crippen LogP contribution in [0.5, 0.6) is 0 Å². The number of benzene rings is 1. The highest BCUT2D eigenvalue weighted by molar-refractivity contribution is 7.13. The fourth-order valence-electron chi connectivity index (χ4n) is 2.58. The van der Waals surface area contributed by atoms with E-state index >= 15 is 0 Å². The van der Waals surface area contributed by atoms with Crippen LogP contribution in [0.2, 0.25) is 0 Å². The van der Waals surface area contributed by atoms with Crippen molar-refractivity contribution in [3.8, 4) is 21.7 Å². The number of hydrogen-bond acceptors (Lipinski definition) is 3. The zero-order chi connectivity index (χ0) is 13.7. The van der Waals surface area contributed by atoms with Crippen molar-refractivity contribution in [2.75, 3.05) is 0 Å². The van der Waals surface area contributed by atoms with Crippen molar-refractivity contribution in [2.45, 2.75) is 0 Å². The van der Waals surface area contributed by atoms with Crippen LogP contribution in [0.4, 0.5) is 0 Å². The van der Waals surface area contributed by atoms with Crippen LogP contribution in [0.15, 0.2) is 58.7 Å². The lowest BCUT2D eigenvalue weighted by molar-refractivity contribution is 0.0965. The zero-order valence-corrected chi connectivity index (χ0v) is 11.2. The molecule has 1 aliphatic rings. The van der Waals surface area contributed by atoms with Gasteiger partial charge < -0.3 is 0 Å². The second-order valence-electron chi connectivity index (χ2n) is 4.63. The standard InChI is InChI=1S/C16H9NO2S/c18-15-9-10(14-6-3-7-20-14)8-13-11-4-1-2-5-12(11)16(19)17(13)15/h1-9H. The molecule has 96 valence electrons. The molecule has 0 saturated carbocycles. The summed E-state index contributed by atoms with van der Waals surface area (Å²) < 4.78 is 1.25. The SMILES string of the molecule is O=C1c2ccccc2-c2cc(-c3cccs3)cc(=O)n21. The van der Waals surface area contributed by atoms with Gasteiger partial charge in [0.15, 0.2) is 0 Å². The fraction of sp³-hybridized carbons (Fsp3) is 0. The van der Waals surface area contributed by atoms with Gasteiger partial charge in [-0.05, 0) is 29.1 Å². The second kappa shape index (κ2) is 4.02. The van der Waals surface area contributed by atoms with Crippen LogP contribution in [0.3, 0.4) is 0 Å². The summed E-state index contributed by atoms with van der Waals surface area (Å²) in [5.41, 5.74) is 2.69. The summed E-state index contributed by atoms with van der Waals surface area (Å²) in [6.45, 7) is 0. The Labute approximate surface area is 118 Å². The summed E-state index contributed by atoms with van der Waals surface area (Å²) >= 11 is 1.58. The van der Waals surface area contributed by atoms with Crippen LogP contribution < -0.4 is 5.56 Å². The average Bonchev–Trinajstić information content (AvgIpc) is 3.08. The van der Waals surface area contributed by atoms with E-state index in [9.17, 15) is 9.59 Å². The number of hydrogen-bond donors (Lipinski definition) is 0. The van der Waals surface area contributed by atoms with Gasteiger partial charge in [-0.15, -0.1) is 11.3 Å². The molecule has 1 aliphatic heterocycles. The minimum atomic E-state index is -0.271. The zero-order valence-electron chi connectivity index (χ0n) is 10.4. The van der Waals surface area contributed by atoms with Gasteiger partial charge in [0.25, 0.3) is 11.5 Å². The molecule has 3 aromatic rings. The molecule has 0 unspecified atom stereocenters. The molecule has 0 fully saturated rings. The first-order valence-electron chi connectivity index (χ1n) is 6.21. The number of rotatable bonds is 1. The monoisotopic (exact) mass is 279 g/mol. The van der Waals surface area contributed by atoms with Crippen molar-refractivity contribution in [3.63, 3.8) is 0 Å². The largest absolute Gasteiger partial charge is 0.269 e. The molecule has 0 N–H and O–H groups in total. The number of aromatic nitrogens is 1. The predicted octanol–water partition coefficient (Wildman–Crippen LogP) is 3.25. The topological polar surface area (TPSA) is 39.1 Å². The minimum absolute atomic E-state index is 0.238. The van der Waals surface area contributed by atoms with Gasteiger partial charge >= 0.3 is 0 Å². The average molecular weight is 279 g/mol. The molecule has 20 heavy (non-hydrogen) atoms. The van der Waals surface area contributed by atoms with E-state index in [1.165, 1.54) is 10.6 Å². The Morgan fingerprint density at radius 3 is 2.45 bits per heavy atom. The lowest BCUT2D eigenvalue weighted by Gasteiger charge is -2.04. The molecular weight excluding hydrogens is 270 g/mol. The van der Waals surface area contributed by atoms with E-state index in [0.717, 1.165) is 16.0 Å². The van der Waals surface area contributed by atoms with E-state index in [1.807, 2.05) is 41.8 Å². The fourth-order valence-corrected chi connectivity index (χ4v) is 3.29. The van der Waals surface area contributed by atoms with Gasteiger partial charge in [0.05, 0.1) is 5.69 Å². The van der Waals surface area contributed by atoms with E-state index in [4.69, 9.17) is 0 Å². The van der Waals surface area contributed by atoms with E-state index in [1.54, 1.807) is 17.4 Å². The normalized spacial score (nSPS) is 12.3. The van der Waals surface area contributed by atoms with Gasteiger partial charge in [0, 0.05) is 22.1 Å². The van der Waals surface area contributed by atoms with Gasteiger partial charge in [-0.3, -0.25) is 9.59 Å². The maximum Gasteiger partial charge on any atom is 0.266 e. The van der Waals surface area contributed by atoms with Gasteiger partial charge in [-0.25, -0.2) is 4.57 Å². The Balaban J connectivity index is 2.05. The Bertz CT molecular complexity index is 891. The van der Waals surface area contributed by atoms with Gasteiger partial charge in [0.2, 0.25) is 0 Å². The van der Waals surface area contributed by atoms with Gasteiger partial charge in [-0.1, -0.05) is 24.3 Å². The van der Waals surface area contributed by atoms with Crippen molar-refractivity contribution in [1.29, 1.82) is 0 Å². The molecule has 2 aromatic heterocycles. The third-order valence-corrected chi connectivity index (χ3v) is 4.39. The van der Waals surface area contributed by atoms with Crippen molar-refractivity contribution >= 4 is 17.2 Å². The second-order valence-corrected chi connectivity index (χ2v) is 5.58. The molecule has 0 radical (unpaired) electrons. The van der Waals surface area contributed by atoms with Crippen LogP contribution in [0, 0.1) is 0 Å². The molecule has 4 heteroatoms. The highest BCUT2D eigenvalue weighted by Crippen LogP contribution is 2.33. The molecule has 0 atom stereocenters. The number of pyridine rings is 1. The number of fused-ring (bicyclic) bond motifs is 3. The maximum atomic E-state index is 12.3. The number of nitrogens with zero attached hydrogens (tertiary/aromatic N) is 1. The van der Waals surface area contributed by atoms with Crippen LogP contribution in [-0.4, -0.2) is 10.5 Å². The van der Waals surface area contributed by atoms with E-state index in [2.05, 4.69) is 0 Å². The van der Waals surface area contributed by atoms with Gasteiger partial charge in [0.1, 0.15) is 0 Å². The number of thiophene rings is 1. The molecule has 0 amide bonds. The molecule has 0 spiro atoms. The third-order valence-electron chi connectivity index (χ3n) is 3.47. The first kappa shape index (κ1) is 11.4. The molecule has 4 rings (SSSR count). The van der Waals surface area contributed by atoms with Gasteiger partial charge in [-0.2, -0.15) is 0 Å². The minimum Gasteiger partial charge on any atom is -0.269 e. The van der Waals surface area contributed by atoms with Crippen molar-refractivity contribution < 1.29 is 4.79 Å². The lowest BCUT2D eigenvalue weighted by atomic mass is 10.1. The molecule has 3 heterocycles. The van der Waals surface area contributed by atoms with E-state index in [-0.39, 0.29) is 11.5 Å². The smallest absolute Gasteiger partial charge is 0.266 e. The summed E-state index contributed by atoms with van der Waals surface area (Å²) in [4.78, 5) is 25.6. The summed E-state index contributed by atoms with van der Waals surface area (Å²) in [6.07, 6.45) is 0. The molecule has 0 saturated heterocycles. The van der Waals surface area contributed by atoms with Crippen LogP contribution in [0.25, 0.3) is 21.7 Å². The summed E-state index contributed by atoms with van der Waals surface area (Å²) in [7, 11) is 0. The Hall–Kier alpha value is -2.46. The van der Waals surface area contributed by atoms with Crippen LogP contribution >= 0.6 is 11.3 Å². The third kappa shape index (κ3) is 1.45. The molecule has 3 nitrogen and oxygen atoms in total. The first-order valence-corrected chi connectivity index (χ1v) is 7.09. The molecule has 1 aromatic carbocycles. The summed E-state index contributed by atoms with van der Waals surface area (Å²) in [5, 5.41) is 1.97.